The zero-order chi connectivity index (χ0) is 29.4. The third-order valence-electron chi connectivity index (χ3n) is 6.62. The molecule has 0 spiro atoms. The molecular weight excluding hydrogens is 526 g/mol. The number of primary amides is 2. The topological polar surface area (TPSA) is 208 Å². The van der Waals surface area contributed by atoms with Crippen LogP contribution in [0.5, 0.6) is 0 Å². The Bertz CT molecular complexity index is 1880. The zero-order valence-corrected chi connectivity index (χ0v) is 22.8. The summed E-state index contributed by atoms with van der Waals surface area (Å²) in [5.41, 5.74) is 21.6. The summed E-state index contributed by atoms with van der Waals surface area (Å²) >= 11 is 0. The number of anilines is 2. The van der Waals surface area contributed by atoms with Gasteiger partial charge in [0, 0.05) is 31.4 Å². The van der Waals surface area contributed by atoms with E-state index in [0.717, 1.165) is 16.8 Å². The van der Waals surface area contributed by atoms with Gasteiger partial charge >= 0.3 is 0 Å². The SMILES string of the molecule is CCn1nc(C)cc1C(=O)Nc1nc2cc(C(N)=O)cc(C)c2n1C/C=C/Cn1c(N)nc2cc(C(N)=O)cnc21. The first-order chi connectivity index (χ1) is 19.6. The highest BCUT2D eigenvalue weighted by Gasteiger charge is 2.20. The molecule has 210 valence electrons. The minimum atomic E-state index is -0.601. The van der Waals surface area contributed by atoms with Crippen molar-refractivity contribution in [3.8, 4) is 0 Å². The number of hydrogen-bond donors (Lipinski definition) is 4. The number of nitrogens with zero attached hydrogens (tertiary/aromatic N) is 7. The molecule has 14 heteroatoms. The maximum atomic E-state index is 13.2. The van der Waals surface area contributed by atoms with Gasteiger partial charge in [-0.1, -0.05) is 12.2 Å². The molecule has 5 aromatic rings. The van der Waals surface area contributed by atoms with Gasteiger partial charge in [-0.3, -0.25) is 28.9 Å². The summed E-state index contributed by atoms with van der Waals surface area (Å²) in [5, 5.41) is 7.25. The second kappa shape index (κ2) is 10.6. The zero-order valence-electron chi connectivity index (χ0n) is 22.8. The van der Waals surface area contributed by atoms with Gasteiger partial charge in [0.05, 0.1) is 22.3 Å². The van der Waals surface area contributed by atoms with Crippen molar-refractivity contribution in [2.24, 2.45) is 11.5 Å². The fraction of sp³-hybridized carbons (Fsp3) is 0.222. The Morgan fingerprint density at radius 2 is 1.61 bits per heavy atom. The number of aryl methyl sites for hydroxylation is 3. The van der Waals surface area contributed by atoms with E-state index in [1.54, 1.807) is 33.5 Å². The van der Waals surface area contributed by atoms with Crippen molar-refractivity contribution in [1.82, 2.24) is 33.9 Å². The van der Waals surface area contributed by atoms with Crippen LogP contribution in [-0.4, -0.2) is 51.6 Å². The highest BCUT2D eigenvalue weighted by atomic mass is 16.2. The molecule has 1 aromatic carbocycles. The molecule has 14 nitrogen and oxygen atoms in total. The summed E-state index contributed by atoms with van der Waals surface area (Å²) in [7, 11) is 0. The van der Waals surface area contributed by atoms with Gasteiger partial charge in [0.1, 0.15) is 11.2 Å². The largest absolute Gasteiger partial charge is 0.369 e. The van der Waals surface area contributed by atoms with E-state index in [-0.39, 0.29) is 17.4 Å². The Labute approximate surface area is 233 Å². The number of imidazole rings is 2. The number of hydrogen-bond acceptors (Lipinski definition) is 8. The Morgan fingerprint density at radius 3 is 2.29 bits per heavy atom. The average Bonchev–Trinajstić information content (AvgIpc) is 3.58. The van der Waals surface area contributed by atoms with Gasteiger partial charge in [-0.25, -0.2) is 15.0 Å². The summed E-state index contributed by atoms with van der Waals surface area (Å²) < 4.78 is 5.16. The number of fused-ring (bicyclic) bond motifs is 2. The van der Waals surface area contributed by atoms with Crippen molar-refractivity contribution in [3.63, 3.8) is 0 Å². The van der Waals surface area contributed by atoms with Crippen LogP contribution >= 0.6 is 0 Å². The number of amides is 3. The molecule has 41 heavy (non-hydrogen) atoms. The number of nitrogens with two attached hydrogens (primary N) is 3. The van der Waals surface area contributed by atoms with Gasteiger partial charge < -0.3 is 21.8 Å². The lowest BCUT2D eigenvalue weighted by atomic mass is 10.1. The van der Waals surface area contributed by atoms with Crippen molar-refractivity contribution in [1.29, 1.82) is 0 Å². The number of nitrogens with one attached hydrogen (secondary N) is 1. The molecule has 7 N–H and O–H groups in total. The number of aromatic nitrogens is 7. The third kappa shape index (κ3) is 5.09. The van der Waals surface area contributed by atoms with Crippen LogP contribution in [0.4, 0.5) is 11.9 Å². The third-order valence-corrected chi connectivity index (χ3v) is 6.62. The van der Waals surface area contributed by atoms with Gasteiger partial charge in [-0.2, -0.15) is 5.10 Å². The van der Waals surface area contributed by atoms with Crippen LogP contribution in [-0.2, 0) is 19.6 Å². The predicted octanol–water partition coefficient (Wildman–Crippen LogP) is 1.90. The lowest BCUT2D eigenvalue weighted by Crippen LogP contribution is -2.20. The molecule has 0 aliphatic heterocycles. The molecule has 0 fully saturated rings. The van der Waals surface area contributed by atoms with Gasteiger partial charge in [0.25, 0.3) is 5.91 Å². The first-order valence-electron chi connectivity index (χ1n) is 12.8. The van der Waals surface area contributed by atoms with Gasteiger partial charge in [0.15, 0.2) is 5.65 Å². The molecule has 3 amide bonds. The van der Waals surface area contributed by atoms with E-state index in [2.05, 4.69) is 25.4 Å². The molecule has 0 radical (unpaired) electrons. The van der Waals surface area contributed by atoms with Crippen LogP contribution in [0.25, 0.3) is 22.2 Å². The number of pyridine rings is 1. The quantitative estimate of drug-likeness (QED) is 0.197. The molecule has 0 aliphatic rings. The second-order valence-corrected chi connectivity index (χ2v) is 9.49. The monoisotopic (exact) mass is 555 g/mol. The molecule has 4 aromatic heterocycles. The maximum Gasteiger partial charge on any atom is 0.276 e. The van der Waals surface area contributed by atoms with E-state index >= 15 is 0 Å². The van der Waals surface area contributed by atoms with Crippen LogP contribution < -0.4 is 22.5 Å². The highest BCUT2D eigenvalue weighted by Crippen LogP contribution is 2.26. The normalized spacial score (nSPS) is 11.6. The van der Waals surface area contributed by atoms with Crippen molar-refractivity contribution < 1.29 is 14.4 Å². The van der Waals surface area contributed by atoms with Crippen LogP contribution in [0.1, 0.15) is 49.4 Å². The van der Waals surface area contributed by atoms with E-state index in [9.17, 15) is 14.4 Å². The summed E-state index contributed by atoms with van der Waals surface area (Å²) in [5.74, 6) is -0.999. The van der Waals surface area contributed by atoms with Crippen LogP contribution in [0.15, 0.2) is 42.6 Å². The first kappa shape index (κ1) is 27.1. The summed E-state index contributed by atoms with van der Waals surface area (Å²) in [4.78, 5) is 49.8. The number of nitrogen functional groups attached to an aromatic ring is 1. The standard InChI is InChI=1S/C27H29N11O3/c1-4-38-20(10-15(3)35-38)25(41)34-27-33-18-11-16(22(28)39)9-14(2)21(18)36(27)7-5-6-8-37-24-19(32-26(37)30)12-17(13-31-24)23(29)40/h5-6,9-13H,4,7-8H2,1-3H3,(H2,28,39)(H2,29,40)(H2,30,32)(H,33,34,41)/b6-5+. The smallest absolute Gasteiger partial charge is 0.276 e. The van der Waals surface area contributed by atoms with Crippen molar-refractivity contribution in [3.05, 3.63) is 70.7 Å². The first-order valence-corrected chi connectivity index (χ1v) is 12.8. The van der Waals surface area contributed by atoms with E-state index in [1.807, 2.05) is 37.5 Å². The lowest BCUT2D eigenvalue weighted by Gasteiger charge is -2.10. The second-order valence-electron chi connectivity index (χ2n) is 9.49. The van der Waals surface area contributed by atoms with E-state index in [1.165, 1.54) is 6.20 Å². The van der Waals surface area contributed by atoms with Gasteiger partial charge in [-0.15, -0.1) is 0 Å². The molecule has 0 saturated carbocycles. The average molecular weight is 556 g/mol. The molecule has 4 heterocycles. The van der Waals surface area contributed by atoms with Crippen LogP contribution in [0.3, 0.4) is 0 Å². The summed E-state index contributed by atoms with van der Waals surface area (Å²) in [6.07, 6.45) is 5.15. The van der Waals surface area contributed by atoms with Crippen molar-refractivity contribution in [2.45, 2.75) is 40.4 Å². The predicted molar refractivity (Wildman–Crippen MR) is 153 cm³/mol. The van der Waals surface area contributed by atoms with Crippen LogP contribution in [0, 0.1) is 13.8 Å². The summed E-state index contributed by atoms with van der Waals surface area (Å²) in [6.45, 7) is 6.78. The fourth-order valence-corrected chi connectivity index (χ4v) is 4.73. The number of allylic oxidation sites excluding steroid dienone is 2. The number of benzene rings is 1. The molecular formula is C27H29N11O3. The van der Waals surface area contributed by atoms with Gasteiger partial charge in [0.2, 0.25) is 23.7 Å². The van der Waals surface area contributed by atoms with E-state index in [0.29, 0.717) is 53.5 Å². The Balaban J connectivity index is 1.47. The molecule has 5 rings (SSSR count). The maximum absolute atomic E-state index is 13.2. The highest BCUT2D eigenvalue weighted by molar-refractivity contribution is 6.04. The van der Waals surface area contributed by atoms with Crippen molar-refractivity contribution >= 4 is 51.8 Å². The molecule has 0 unspecified atom stereocenters. The molecule has 0 atom stereocenters. The van der Waals surface area contributed by atoms with Crippen LogP contribution in [0.2, 0.25) is 0 Å². The molecule has 0 aliphatic carbocycles. The van der Waals surface area contributed by atoms with E-state index < -0.39 is 11.8 Å². The Morgan fingerprint density at radius 1 is 0.927 bits per heavy atom. The Kier molecular flexibility index (Phi) is 6.97. The fourth-order valence-electron chi connectivity index (χ4n) is 4.73. The summed E-state index contributed by atoms with van der Waals surface area (Å²) in [6, 6.07) is 6.55. The van der Waals surface area contributed by atoms with Crippen molar-refractivity contribution in [2.75, 3.05) is 11.1 Å². The Hall–Kier alpha value is -5.53. The number of carbonyl (C=O) groups excluding carboxylic acids is 3. The molecule has 0 saturated heterocycles. The number of rotatable bonds is 9. The minimum absolute atomic E-state index is 0.234. The van der Waals surface area contributed by atoms with Gasteiger partial charge in [-0.05, 0) is 50.6 Å². The minimum Gasteiger partial charge on any atom is -0.369 e. The van der Waals surface area contributed by atoms with E-state index in [4.69, 9.17) is 17.2 Å². The lowest BCUT2D eigenvalue weighted by molar-refractivity contribution is 0.0991. The number of carbonyl (C=O) groups is 3. The molecule has 0 bridgehead atoms.